The van der Waals surface area contributed by atoms with Crippen molar-refractivity contribution in [1.82, 2.24) is 0 Å². The first kappa shape index (κ1) is 13.6. The van der Waals surface area contributed by atoms with Crippen LogP contribution in [-0.2, 0) is 4.74 Å². The predicted octanol–water partition coefficient (Wildman–Crippen LogP) is 2.19. The zero-order valence-electron chi connectivity index (χ0n) is 10.5. The van der Waals surface area contributed by atoms with Crippen LogP contribution in [0.2, 0.25) is 0 Å². The molecule has 1 heterocycles. The summed E-state index contributed by atoms with van der Waals surface area (Å²) in [6, 6.07) is 0. The van der Waals surface area contributed by atoms with Gasteiger partial charge in [0.25, 0.3) is 0 Å². The van der Waals surface area contributed by atoms with E-state index in [1.807, 2.05) is 0 Å². The number of nitrogens with two attached hydrogens (primary N) is 1. The van der Waals surface area contributed by atoms with Crippen molar-refractivity contribution in [3.63, 3.8) is 0 Å². The molecule has 0 spiro atoms. The molecule has 0 radical (unpaired) electrons. The number of thiophene rings is 1. The molecule has 17 heavy (non-hydrogen) atoms. The van der Waals surface area contributed by atoms with E-state index >= 15 is 0 Å². The van der Waals surface area contributed by atoms with Gasteiger partial charge in [0.15, 0.2) is 5.75 Å². The van der Waals surface area contributed by atoms with Gasteiger partial charge in [-0.1, -0.05) is 13.8 Å². The number of nitrogens with one attached hydrogen (secondary N) is 1. The quantitative estimate of drug-likeness (QED) is 0.792. The van der Waals surface area contributed by atoms with E-state index in [9.17, 15) is 4.79 Å². The van der Waals surface area contributed by atoms with Crippen LogP contribution in [0.5, 0.6) is 5.75 Å². The second kappa shape index (κ2) is 5.77. The lowest BCUT2D eigenvalue weighted by atomic mass is 10.2. The zero-order valence-corrected chi connectivity index (χ0v) is 11.3. The summed E-state index contributed by atoms with van der Waals surface area (Å²) in [5.74, 6) is 0.559. The maximum absolute atomic E-state index is 11.5. The molecule has 1 aromatic rings. The molecular formula is C11H18N2O3S. The third-order valence-corrected chi connectivity index (χ3v) is 3.27. The Hall–Kier alpha value is -1.43. The summed E-state index contributed by atoms with van der Waals surface area (Å²) in [5, 5.41) is 3.97. The molecule has 0 aliphatic heterocycles. The van der Waals surface area contributed by atoms with Crippen molar-refractivity contribution in [3.8, 4) is 5.75 Å². The minimum atomic E-state index is -0.441. The average molecular weight is 258 g/mol. The molecule has 0 fully saturated rings. The number of carbonyl (C=O) groups is 1. The van der Waals surface area contributed by atoms with Gasteiger partial charge < -0.3 is 20.5 Å². The Balaban J connectivity index is 3.00. The van der Waals surface area contributed by atoms with Crippen LogP contribution < -0.4 is 15.8 Å². The van der Waals surface area contributed by atoms with Crippen LogP contribution in [0.3, 0.4) is 0 Å². The number of hydrogen-bond acceptors (Lipinski definition) is 6. The second-order valence-electron chi connectivity index (χ2n) is 3.97. The Labute approximate surface area is 105 Å². The smallest absolute Gasteiger partial charge is 0.350 e. The van der Waals surface area contributed by atoms with Crippen molar-refractivity contribution >= 4 is 28.0 Å². The predicted molar refractivity (Wildman–Crippen MR) is 70.0 cm³/mol. The van der Waals surface area contributed by atoms with Crippen molar-refractivity contribution in [3.05, 3.63) is 4.88 Å². The number of methoxy groups -OCH3 is 2. The fraction of sp³-hybridized carbons (Fsp3) is 0.545. The first-order valence-corrected chi connectivity index (χ1v) is 6.11. The molecule has 0 aromatic carbocycles. The van der Waals surface area contributed by atoms with Crippen LogP contribution in [0.1, 0.15) is 23.5 Å². The zero-order chi connectivity index (χ0) is 13.0. The molecule has 1 rings (SSSR count). The molecule has 96 valence electrons. The lowest BCUT2D eigenvalue weighted by molar-refractivity contribution is 0.0607. The molecule has 0 saturated carbocycles. The minimum absolute atomic E-state index is 0.329. The monoisotopic (exact) mass is 258 g/mol. The molecule has 3 N–H and O–H groups in total. The SMILES string of the molecule is COC(=O)c1sc(NCC(C)C)c(OC)c1N. The van der Waals surface area contributed by atoms with Crippen LogP contribution in [0.15, 0.2) is 0 Å². The number of anilines is 2. The molecule has 0 atom stereocenters. The fourth-order valence-corrected chi connectivity index (χ4v) is 2.30. The van der Waals surface area contributed by atoms with E-state index in [1.54, 1.807) is 0 Å². The van der Waals surface area contributed by atoms with Crippen molar-refractivity contribution in [2.45, 2.75) is 13.8 Å². The lowest BCUT2D eigenvalue weighted by Gasteiger charge is -2.08. The van der Waals surface area contributed by atoms with Crippen LogP contribution in [0.25, 0.3) is 0 Å². The lowest BCUT2D eigenvalue weighted by Crippen LogP contribution is -2.07. The summed E-state index contributed by atoms with van der Waals surface area (Å²) < 4.78 is 9.86. The van der Waals surface area contributed by atoms with E-state index in [4.69, 9.17) is 10.5 Å². The highest BCUT2D eigenvalue weighted by Crippen LogP contribution is 2.42. The van der Waals surface area contributed by atoms with Gasteiger partial charge in [-0.25, -0.2) is 4.79 Å². The number of esters is 1. The van der Waals surface area contributed by atoms with Gasteiger partial charge in [-0.05, 0) is 5.92 Å². The standard InChI is InChI=1S/C11H18N2O3S/c1-6(2)5-13-10-8(15-3)7(12)9(17-10)11(14)16-4/h6,13H,5,12H2,1-4H3. The molecule has 1 aromatic heterocycles. The Morgan fingerprint density at radius 2 is 2.12 bits per heavy atom. The highest BCUT2D eigenvalue weighted by Gasteiger charge is 2.22. The molecule has 6 heteroatoms. The van der Waals surface area contributed by atoms with Crippen molar-refractivity contribution in [2.75, 3.05) is 31.8 Å². The van der Waals surface area contributed by atoms with Gasteiger partial charge in [0.1, 0.15) is 15.6 Å². The number of carbonyl (C=O) groups excluding carboxylic acids is 1. The molecule has 0 aliphatic carbocycles. The first-order valence-electron chi connectivity index (χ1n) is 5.29. The van der Waals surface area contributed by atoms with E-state index in [1.165, 1.54) is 25.6 Å². The largest absolute Gasteiger partial charge is 0.492 e. The van der Waals surface area contributed by atoms with E-state index in [2.05, 4.69) is 23.9 Å². The molecule has 0 saturated heterocycles. The van der Waals surface area contributed by atoms with Crippen molar-refractivity contribution in [1.29, 1.82) is 0 Å². The maximum Gasteiger partial charge on any atom is 0.350 e. The highest BCUT2D eigenvalue weighted by molar-refractivity contribution is 7.19. The molecule has 0 bridgehead atoms. The Bertz CT molecular complexity index is 402. The minimum Gasteiger partial charge on any atom is -0.492 e. The summed E-state index contributed by atoms with van der Waals surface area (Å²) in [5.41, 5.74) is 6.17. The number of hydrogen-bond donors (Lipinski definition) is 2. The van der Waals surface area contributed by atoms with Gasteiger partial charge in [0, 0.05) is 6.54 Å². The number of rotatable bonds is 5. The van der Waals surface area contributed by atoms with Crippen LogP contribution >= 0.6 is 11.3 Å². The molecule has 0 amide bonds. The summed E-state index contributed by atoms with van der Waals surface area (Å²) in [6.07, 6.45) is 0. The highest BCUT2D eigenvalue weighted by atomic mass is 32.1. The Morgan fingerprint density at radius 3 is 2.59 bits per heavy atom. The molecule has 0 unspecified atom stereocenters. The number of nitrogen functional groups attached to an aromatic ring is 1. The van der Waals surface area contributed by atoms with Crippen molar-refractivity contribution < 1.29 is 14.3 Å². The normalized spacial score (nSPS) is 10.4. The second-order valence-corrected chi connectivity index (χ2v) is 4.99. The van der Waals surface area contributed by atoms with E-state index < -0.39 is 5.97 Å². The van der Waals surface area contributed by atoms with Crippen LogP contribution in [0.4, 0.5) is 10.7 Å². The summed E-state index contributed by atoms with van der Waals surface area (Å²) >= 11 is 1.25. The van der Waals surface area contributed by atoms with Crippen molar-refractivity contribution in [2.24, 2.45) is 5.92 Å². The Kier molecular flexibility index (Phi) is 4.62. The maximum atomic E-state index is 11.5. The van der Waals surface area contributed by atoms with Gasteiger partial charge >= 0.3 is 5.97 Å². The van der Waals surface area contributed by atoms with Gasteiger partial charge in [0.2, 0.25) is 0 Å². The van der Waals surface area contributed by atoms with Gasteiger partial charge in [-0.3, -0.25) is 0 Å². The van der Waals surface area contributed by atoms with E-state index in [-0.39, 0.29) is 0 Å². The number of ether oxygens (including phenoxy) is 2. The third-order valence-electron chi connectivity index (χ3n) is 2.15. The van der Waals surface area contributed by atoms with E-state index in [0.717, 1.165) is 11.5 Å². The summed E-state index contributed by atoms with van der Waals surface area (Å²) in [6.45, 7) is 4.98. The molecular weight excluding hydrogens is 240 g/mol. The van der Waals surface area contributed by atoms with Gasteiger partial charge in [-0.15, -0.1) is 11.3 Å². The van der Waals surface area contributed by atoms with Crippen LogP contribution in [0, 0.1) is 5.92 Å². The molecule has 0 aliphatic rings. The van der Waals surface area contributed by atoms with E-state index in [0.29, 0.717) is 22.2 Å². The summed E-state index contributed by atoms with van der Waals surface area (Å²) in [4.78, 5) is 11.8. The summed E-state index contributed by atoms with van der Waals surface area (Å²) in [7, 11) is 2.86. The van der Waals surface area contributed by atoms with Crippen LogP contribution in [-0.4, -0.2) is 26.7 Å². The topological polar surface area (TPSA) is 73.6 Å². The Morgan fingerprint density at radius 1 is 1.47 bits per heavy atom. The first-order chi connectivity index (χ1) is 8.01. The van der Waals surface area contributed by atoms with Gasteiger partial charge in [-0.2, -0.15) is 0 Å². The third kappa shape index (κ3) is 3.03. The van der Waals surface area contributed by atoms with Gasteiger partial charge in [0.05, 0.1) is 14.2 Å². The fourth-order valence-electron chi connectivity index (χ4n) is 1.29. The molecule has 5 nitrogen and oxygen atoms in total. The average Bonchev–Trinajstić information content (AvgIpc) is 2.62.